The van der Waals surface area contributed by atoms with Gasteiger partial charge in [-0.15, -0.1) is 0 Å². The summed E-state index contributed by atoms with van der Waals surface area (Å²) in [6, 6.07) is 13.3. The molecule has 1 amide bonds. The number of likely N-dealkylation sites (tertiary alicyclic amines) is 1. The van der Waals surface area contributed by atoms with Crippen molar-refractivity contribution in [3.8, 4) is 0 Å². The number of carbonyl (C=O) groups excluding carboxylic acids is 1. The lowest BCUT2D eigenvalue weighted by molar-refractivity contribution is 0.00310. The van der Waals surface area contributed by atoms with Crippen LogP contribution in [0.3, 0.4) is 0 Å². The number of benzene rings is 2. The SMILES string of the molecule is O=C(Nc1cccc(F)c1)c1cccc(CCN2CC(O)C2)c1. The van der Waals surface area contributed by atoms with Gasteiger partial charge in [-0.25, -0.2) is 4.39 Å². The van der Waals surface area contributed by atoms with Crippen molar-refractivity contribution in [1.29, 1.82) is 0 Å². The molecule has 1 aliphatic rings. The molecule has 0 saturated carbocycles. The molecule has 120 valence electrons. The van der Waals surface area contributed by atoms with Crippen molar-refractivity contribution in [3.63, 3.8) is 0 Å². The van der Waals surface area contributed by atoms with Gasteiger partial charge in [-0.1, -0.05) is 18.2 Å². The average molecular weight is 314 g/mol. The number of aliphatic hydroxyl groups is 1. The number of nitrogens with zero attached hydrogens (tertiary/aromatic N) is 1. The Morgan fingerprint density at radius 1 is 1.22 bits per heavy atom. The molecule has 5 heteroatoms. The van der Waals surface area contributed by atoms with Crippen LogP contribution in [-0.4, -0.2) is 41.7 Å². The summed E-state index contributed by atoms with van der Waals surface area (Å²) in [6.07, 6.45) is 0.631. The number of hydrogen-bond donors (Lipinski definition) is 2. The lowest BCUT2D eigenvalue weighted by atomic mass is 10.1. The Morgan fingerprint density at radius 2 is 2.00 bits per heavy atom. The summed E-state index contributed by atoms with van der Waals surface area (Å²) in [5.74, 6) is -0.634. The first kappa shape index (κ1) is 15.6. The van der Waals surface area contributed by atoms with Gasteiger partial charge in [-0.3, -0.25) is 9.69 Å². The molecule has 0 unspecified atom stereocenters. The van der Waals surface area contributed by atoms with Gasteiger partial charge in [0.25, 0.3) is 5.91 Å². The van der Waals surface area contributed by atoms with Gasteiger partial charge < -0.3 is 10.4 Å². The summed E-state index contributed by atoms with van der Waals surface area (Å²) in [5, 5.41) is 12.0. The van der Waals surface area contributed by atoms with E-state index < -0.39 is 0 Å². The molecule has 3 rings (SSSR count). The molecule has 2 N–H and O–H groups in total. The van der Waals surface area contributed by atoms with Crippen molar-refractivity contribution in [2.45, 2.75) is 12.5 Å². The van der Waals surface area contributed by atoms with E-state index in [0.29, 0.717) is 11.3 Å². The third-order valence-corrected chi connectivity index (χ3v) is 3.93. The van der Waals surface area contributed by atoms with Gasteiger partial charge in [-0.2, -0.15) is 0 Å². The minimum absolute atomic E-state index is 0.196. The smallest absolute Gasteiger partial charge is 0.255 e. The number of halogens is 1. The van der Waals surface area contributed by atoms with E-state index in [1.807, 2.05) is 18.2 Å². The van der Waals surface area contributed by atoms with Gasteiger partial charge in [0, 0.05) is 30.9 Å². The minimum Gasteiger partial charge on any atom is -0.390 e. The molecule has 23 heavy (non-hydrogen) atoms. The van der Waals surface area contributed by atoms with E-state index in [4.69, 9.17) is 0 Å². The zero-order chi connectivity index (χ0) is 16.2. The van der Waals surface area contributed by atoms with Crippen molar-refractivity contribution in [3.05, 3.63) is 65.5 Å². The summed E-state index contributed by atoms with van der Waals surface area (Å²) in [5.41, 5.74) is 2.06. The average Bonchev–Trinajstić information content (AvgIpc) is 2.51. The van der Waals surface area contributed by atoms with Crippen LogP contribution in [0, 0.1) is 5.82 Å². The number of aliphatic hydroxyl groups excluding tert-OH is 1. The number of β-amino-alcohol motifs (C(OH)–C–C–N with tert-alkyl or cyclic N) is 1. The monoisotopic (exact) mass is 314 g/mol. The Balaban J connectivity index is 1.60. The molecule has 0 radical (unpaired) electrons. The second-order valence-electron chi connectivity index (χ2n) is 5.83. The van der Waals surface area contributed by atoms with Gasteiger partial charge in [0.2, 0.25) is 0 Å². The predicted molar refractivity (Wildman–Crippen MR) is 86.9 cm³/mol. The van der Waals surface area contributed by atoms with Crippen LogP contribution >= 0.6 is 0 Å². The highest BCUT2D eigenvalue weighted by molar-refractivity contribution is 6.04. The maximum Gasteiger partial charge on any atom is 0.255 e. The van der Waals surface area contributed by atoms with E-state index in [9.17, 15) is 14.3 Å². The van der Waals surface area contributed by atoms with E-state index in [1.54, 1.807) is 18.2 Å². The minimum atomic E-state index is -0.381. The maximum atomic E-state index is 13.2. The molecule has 0 aromatic heterocycles. The fourth-order valence-electron chi connectivity index (χ4n) is 2.65. The zero-order valence-corrected chi connectivity index (χ0v) is 12.7. The number of carbonyl (C=O) groups is 1. The molecule has 1 fully saturated rings. The van der Waals surface area contributed by atoms with E-state index in [0.717, 1.165) is 31.6 Å². The molecular weight excluding hydrogens is 295 g/mol. The molecule has 0 atom stereocenters. The molecule has 0 spiro atoms. The second-order valence-corrected chi connectivity index (χ2v) is 5.83. The Morgan fingerprint density at radius 3 is 2.74 bits per heavy atom. The van der Waals surface area contributed by atoms with Crippen LogP contribution in [0.1, 0.15) is 15.9 Å². The molecule has 2 aromatic carbocycles. The topological polar surface area (TPSA) is 52.6 Å². The van der Waals surface area contributed by atoms with E-state index >= 15 is 0 Å². The third-order valence-electron chi connectivity index (χ3n) is 3.93. The van der Waals surface area contributed by atoms with E-state index in [-0.39, 0.29) is 17.8 Å². The van der Waals surface area contributed by atoms with Crippen molar-refractivity contribution >= 4 is 11.6 Å². The number of rotatable bonds is 5. The van der Waals surface area contributed by atoms with Crippen molar-refractivity contribution in [1.82, 2.24) is 4.90 Å². The summed E-state index contributed by atoms with van der Waals surface area (Å²) in [7, 11) is 0. The van der Waals surface area contributed by atoms with Crippen molar-refractivity contribution in [2.75, 3.05) is 25.0 Å². The molecule has 0 aliphatic carbocycles. The van der Waals surface area contributed by atoms with Crippen LogP contribution in [0.25, 0.3) is 0 Å². The molecule has 0 bridgehead atoms. The van der Waals surface area contributed by atoms with Crippen molar-refractivity contribution < 1.29 is 14.3 Å². The van der Waals surface area contributed by atoms with Crippen LogP contribution in [0.5, 0.6) is 0 Å². The number of nitrogens with one attached hydrogen (secondary N) is 1. The predicted octanol–water partition coefficient (Wildman–Crippen LogP) is 2.30. The molecular formula is C18H19FN2O2. The number of anilines is 1. The lowest BCUT2D eigenvalue weighted by Gasteiger charge is -2.35. The maximum absolute atomic E-state index is 13.2. The number of hydrogen-bond acceptors (Lipinski definition) is 3. The Labute approximate surface area is 134 Å². The Hall–Kier alpha value is -2.24. The van der Waals surface area contributed by atoms with Gasteiger partial charge >= 0.3 is 0 Å². The molecule has 1 aliphatic heterocycles. The van der Waals surface area contributed by atoms with Crippen LogP contribution in [0.2, 0.25) is 0 Å². The first-order chi connectivity index (χ1) is 11.1. The fourth-order valence-corrected chi connectivity index (χ4v) is 2.65. The largest absolute Gasteiger partial charge is 0.390 e. The van der Waals surface area contributed by atoms with Crippen molar-refractivity contribution in [2.24, 2.45) is 0 Å². The molecule has 1 saturated heterocycles. The summed E-state index contributed by atoms with van der Waals surface area (Å²) < 4.78 is 13.2. The zero-order valence-electron chi connectivity index (χ0n) is 12.7. The third kappa shape index (κ3) is 4.15. The van der Waals surface area contributed by atoms with Crippen LogP contribution in [-0.2, 0) is 6.42 Å². The lowest BCUT2D eigenvalue weighted by Crippen LogP contribution is -2.51. The van der Waals surface area contributed by atoms with E-state index in [1.165, 1.54) is 12.1 Å². The highest BCUT2D eigenvalue weighted by atomic mass is 19.1. The first-order valence-corrected chi connectivity index (χ1v) is 7.66. The van der Waals surface area contributed by atoms with Gasteiger partial charge in [0.1, 0.15) is 5.82 Å². The van der Waals surface area contributed by atoms with Crippen LogP contribution in [0.15, 0.2) is 48.5 Å². The second kappa shape index (κ2) is 6.89. The standard InChI is InChI=1S/C18H19FN2O2/c19-15-5-2-6-16(10-15)20-18(23)14-4-1-3-13(9-14)7-8-21-11-17(22)12-21/h1-6,9-10,17,22H,7-8,11-12H2,(H,20,23). The highest BCUT2D eigenvalue weighted by Gasteiger charge is 2.23. The highest BCUT2D eigenvalue weighted by Crippen LogP contribution is 2.14. The molecule has 2 aromatic rings. The first-order valence-electron chi connectivity index (χ1n) is 7.66. The molecule has 1 heterocycles. The summed E-state index contributed by atoms with van der Waals surface area (Å²) in [4.78, 5) is 14.4. The van der Waals surface area contributed by atoms with Gasteiger partial charge in [0.15, 0.2) is 0 Å². The fraction of sp³-hybridized carbons (Fsp3) is 0.278. The van der Waals surface area contributed by atoms with Crippen LogP contribution in [0.4, 0.5) is 10.1 Å². The summed E-state index contributed by atoms with van der Waals surface area (Å²) in [6.45, 7) is 2.31. The summed E-state index contributed by atoms with van der Waals surface area (Å²) >= 11 is 0. The Kier molecular flexibility index (Phi) is 4.69. The van der Waals surface area contributed by atoms with E-state index in [2.05, 4.69) is 10.2 Å². The van der Waals surface area contributed by atoms with Crippen LogP contribution < -0.4 is 5.32 Å². The Bertz CT molecular complexity index is 699. The normalized spacial score (nSPS) is 15.2. The van der Waals surface area contributed by atoms with Gasteiger partial charge in [0.05, 0.1) is 6.10 Å². The molecule has 4 nitrogen and oxygen atoms in total. The quantitative estimate of drug-likeness (QED) is 0.890. The van der Waals surface area contributed by atoms with Gasteiger partial charge in [-0.05, 0) is 42.3 Å². The number of amides is 1.